The van der Waals surface area contributed by atoms with Crippen LogP contribution in [0.1, 0.15) is 17.2 Å². The van der Waals surface area contributed by atoms with Gasteiger partial charge >= 0.3 is 0 Å². The van der Waals surface area contributed by atoms with Crippen molar-refractivity contribution in [3.8, 4) is 5.75 Å². The minimum Gasteiger partial charge on any atom is -0.507 e. The summed E-state index contributed by atoms with van der Waals surface area (Å²) in [6.45, 7) is 7.86. The van der Waals surface area contributed by atoms with Crippen molar-refractivity contribution < 1.29 is 19.4 Å². The largest absolute Gasteiger partial charge is 0.507 e. The smallest absolute Gasteiger partial charge is 0.295 e. The molecule has 0 bridgehead atoms. The van der Waals surface area contributed by atoms with Crippen molar-refractivity contribution in [2.75, 3.05) is 32.1 Å². The van der Waals surface area contributed by atoms with Crippen molar-refractivity contribution in [2.45, 2.75) is 6.04 Å². The molecule has 2 aromatic carbocycles. The Kier molecular flexibility index (Phi) is 6.60. The predicted octanol–water partition coefficient (Wildman–Crippen LogP) is 3.93. The standard InChI is InChI=1S/C25H26N2O4/c1-5-15-27-22(17-7-11-19(12-8-17)26(3)4)21(24(29)25(27)30)23(28)18-9-13-20(14-10-18)31-16-6-2/h5-14,22,28H,1-2,15-16H2,3-4H3/t22-/m1/s1. The van der Waals surface area contributed by atoms with E-state index in [9.17, 15) is 14.7 Å². The lowest BCUT2D eigenvalue weighted by molar-refractivity contribution is -0.139. The fourth-order valence-corrected chi connectivity index (χ4v) is 3.53. The number of anilines is 1. The van der Waals surface area contributed by atoms with Crippen LogP contribution in [0, 0.1) is 0 Å². The first-order chi connectivity index (χ1) is 14.9. The molecule has 0 radical (unpaired) electrons. The maximum absolute atomic E-state index is 12.9. The zero-order valence-electron chi connectivity index (χ0n) is 17.7. The third-order valence-corrected chi connectivity index (χ3v) is 5.09. The Bertz CT molecular complexity index is 1020. The second-order valence-electron chi connectivity index (χ2n) is 7.35. The van der Waals surface area contributed by atoms with Crippen molar-refractivity contribution in [2.24, 2.45) is 0 Å². The fourth-order valence-electron chi connectivity index (χ4n) is 3.53. The van der Waals surface area contributed by atoms with Crippen LogP contribution < -0.4 is 9.64 Å². The van der Waals surface area contributed by atoms with Crippen LogP contribution in [0.2, 0.25) is 0 Å². The van der Waals surface area contributed by atoms with Crippen molar-refractivity contribution in [3.05, 3.63) is 90.5 Å². The highest BCUT2D eigenvalue weighted by Crippen LogP contribution is 2.39. The minimum absolute atomic E-state index is 0.0595. The summed E-state index contributed by atoms with van der Waals surface area (Å²) in [5.74, 6) is -0.983. The van der Waals surface area contributed by atoms with Crippen molar-refractivity contribution in [3.63, 3.8) is 0 Å². The van der Waals surface area contributed by atoms with Crippen LogP contribution in [-0.2, 0) is 9.59 Å². The summed E-state index contributed by atoms with van der Waals surface area (Å²) in [4.78, 5) is 29.0. The molecule has 31 heavy (non-hydrogen) atoms. The lowest BCUT2D eigenvalue weighted by atomic mass is 9.95. The van der Waals surface area contributed by atoms with Crippen molar-refractivity contribution in [1.29, 1.82) is 0 Å². The molecule has 6 heteroatoms. The molecule has 0 spiro atoms. The van der Waals surface area contributed by atoms with E-state index < -0.39 is 17.7 Å². The summed E-state index contributed by atoms with van der Waals surface area (Å²) >= 11 is 0. The molecule has 1 amide bonds. The third-order valence-electron chi connectivity index (χ3n) is 5.09. The van der Waals surface area contributed by atoms with E-state index in [1.165, 1.54) is 4.90 Å². The van der Waals surface area contributed by atoms with Gasteiger partial charge in [0.05, 0.1) is 11.6 Å². The van der Waals surface area contributed by atoms with E-state index >= 15 is 0 Å². The van der Waals surface area contributed by atoms with Crippen LogP contribution in [0.5, 0.6) is 5.75 Å². The number of rotatable bonds is 8. The Labute approximate surface area is 182 Å². The van der Waals surface area contributed by atoms with Gasteiger partial charge in [-0.1, -0.05) is 30.9 Å². The number of Topliss-reactive ketones (excluding diaryl/α,β-unsaturated/α-hetero) is 1. The Hall–Kier alpha value is -3.80. The Morgan fingerprint density at radius 2 is 1.71 bits per heavy atom. The summed E-state index contributed by atoms with van der Waals surface area (Å²) in [5.41, 5.74) is 2.21. The summed E-state index contributed by atoms with van der Waals surface area (Å²) in [6.07, 6.45) is 3.20. The Morgan fingerprint density at radius 1 is 1.06 bits per heavy atom. The second-order valence-corrected chi connectivity index (χ2v) is 7.35. The number of benzene rings is 2. The maximum Gasteiger partial charge on any atom is 0.295 e. The Morgan fingerprint density at radius 3 is 2.26 bits per heavy atom. The first-order valence-corrected chi connectivity index (χ1v) is 9.89. The molecule has 1 aliphatic rings. The van der Waals surface area contributed by atoms with Crippen LogP contribution >= 0.6 is 0 Å². The van der Waals surface area contributed by atoms with Crippen molar-refractivity contribution >= 4 is 23.1 Å². The van der Waals surface area contributed by atoms with Gasteiger partial charge in [0, 0.05) is 31.9 Å². The van der Waals surface area contributed by atoms with Crippen LogP contribution in [0.3, 0.4) is 0 Å². The molecule has 6 nitrogen and oxygen atoms in total. The average Bonchev–Trinajstić information content (AvgIpc) is 3.03. The normalized spacial score (nSPS) is 17.5. The maximum atomic E-state index is 12.9. The minimum atomic E-state index is -0.715. The molecule has 160 valence electrons. The van der Waals surface area contributed by atoms with E-state index in [1.807, 2.05) is 43.3 Å². The van der Waals surface area contributed by atoms with E-state index in [4.69, 9.17) is 4.74 Å². The van der Waals surface area contributed by atoms with Crippen LogP contribution in [0.25, 0.3) is 5.76 Å². The van der Waals surface area contributed by atoms with Gasteiger partial charge in [0.15, 0.2) is 0 Å². The van der Waals surface area contributed by atoms with Crippen LogP contribution in [-0.4, -0.2) is 48.9 Å². The van der Waals surface area contributed by atoms with E-state index in [0.29, 0.717) is 17.9 Å². The SMILES string of the molecule is C=CCOc1ccc(C(O)=C2C(=O)C(=O)N(CC=C)[C@@H]2c2ccc(N(C)C)cc2)cc1. The van der Waals surface area contributed by atoms with Gasteiger partial charge in [-0.05, 0) is 42.0 Å². The van der Waals surface area contributed by atoms with Gasteiger partial charge in [-0.2, -0.15) is 0 Å². The van der Waals surface area contributed by atoms with Crippen molar-refractivity contribution in [1.82, 2.24) is 4.90 Å². The number of nitrogens with zero attached hydrogens (tertiary/aromatic N) is 2. The van der Waals surface area contributed by atoms with E-state index in [0.717, 1.165) is 11.3 Å². The van der Waals surface area contributed by atoms with Gasteiger partial charge in [-0.25, -0.2) is 0 Å². The summed E-state index contributed by atoms with van der Waals surface area (Å²) in [7, 11) is 3.86. The molecule has 1 N–H and O–H groups in total. The van der Waals surface area contributed by atoms with Crippen LogP contribution in [0.4, 0.5) is 5.69 Å². The Balaban J connectivity index is 2.07. The molecule has 2 aromatic rings. The molecule has 1 saturated heterocycles. The third kappa shape index (κ3) is 4.38. The number of aliphatic hydroxyl groups is 1. The zero-order valence-corrected chi connectivity index (χ0v) is 17.7. The first kappa shape index (κ1) is 21.9. The van der Waals surface area contributed by atoms with Gasteiger partial charge < -0.3 is 19.6 Å². The van der Waals surface area contributed by atoms with Gasteiger partial charge in [0.2, 0.25) is 0 Å². The van der Waals surface area contributed by atoms with E-state index in [1.54, 1.807) is 36.4 Å². The monoisotopic (exact) mass is 418 g/mol. The molecule has 1 aliphatic heterocycles. The van der Waals surface area contributed by atoms with Gasteiger partial charge in [0.25, 0.3) is 11.7 Å². The zero-order chi connectivity index (χ0) is 22.5. The van der Waals surface area contributed by atoms with Gasteiger partial charge in [-0.3, -0.25) is 9.59 Å². The number of likely N-dealkylation sites (tertiary alicyclic amines) is 1. The molecule has 0 saturated carbocycles. The molecule has 3 rings (SSSR count). The number of ketones is 1. The number of hydrogen-bond acceptors (Lipinski definition) is 5. The number of carbonyl (C=O) groups is 2. The highest BCUT2D eigenvalue weighted by molar-refractivity contribution is 6.46. The molecule has 1 heterocycles. The molecular weight excluding hydrogens is 392 g/mol. The average molecular weight is 418 g/mol. The lowest BCUT2D eigenvalue weighted by Crippen LogP contribution is -2.29. The van der Waals surface area contributed by atoms with Gasteiger partial charge in [-0.15, -0.1) is 6.58 Å². The molecule has 0 aliphatic carbocycles. The number of carbonyl (C=O) groups excluding carboxylic acids is 2. The second kappa shape index (κ2) is 9.34. The quantitative estimate of drug-likeness (QED) is 0.305. The lowest BCUT2D eigenvalue weighted by Gasteiger charge is -2.24. The molecule has 0 unspecified atom stereocenters. The summed E-state index contributed by atoms with van der Waals surface area (Å²) < 4.78 is 5.46. The topological polar surface area (TPSA) is 70.1 Å². The number of aliphatic hydroxyl groups excluding tert-OH is 1. The van der Waals surface area contributed by atoms with E-state index in [2.05, 4.69) is 13.2 Å². The molecule has 1 atom stereocenters. The molecule has 1 fully saturated rings. The van der Waals surface area contributed by atoms with Gasteiger partial charge in [0.1, 0.15) is 18.1 Å². The fraction of sp³-hybridized carbons (Fsp3) is 0.200. The summed E-state index contributed by atoms with van der Waals surface area (Å²) in [6, 6.07) is 13.5. The summed E-state index contributed by atoms with van der Waals surface area (Å²) in [5, 5.41) is 11.0. The predicted molar refractivity (Wildman–Crippen MR) is 122 cm³/mol. The highest BCUT2D eigenvalue weighted by Gasteiger charge is 2.45. The first-order valence-electron chi connectivity index (χ1n) is 9.89. The molecular formula is C25H26N2O4. The number of hydrogen-bond donors (Lipinski definition) is 1. The number of amides is 1. The number of ether oxygens (including phenoxy) is 1. The van der Waals surface area contributed by atoms with E-state index in [-0.39, 0.29) is 17.9 Å². The highest BCUT2D eigenvalue weighted by atomic mass is 16.5. The molecule has 0 aromatic heterocycles. The van der Waals surface area contributed by atoms with Crippen LogP contribution in [0.15, 0.2) is 79.4 Å².